The molecule has 0 saturated carbocycles. The van der Waals surface area contributed by atoms with E-state index < -0.39 is 17.7 Å². The van der Waals surface area contributed by atoms with Gasteiger partial charge in [0, 0.05) is 6.20 Å². The van der Waals surface area contributed by atoms with Gasteiger partial charge < -0.3 is 15.2 Å². The Bertz CT molecular complexity index is 565. The van der Waals surface area contributed by atoms with Crippen LogP contribution in [0, 0.1) is 11.8 Å². The van der Waals surface area contributed by atoms with E-state index in [4.69, 9.17) is 9.84 Å². The lowest BCUT2D eigenvalue weighted by Gasteiger charge is -2.18. The number of rotatable bonds is 2. The smallest absolute Gasteiger partial charge is 0.408 e. The highest BCUT2D eigenvalue weighted by Gasteiger charge is 2.14. The molecular weight excluding hydrogens is 260 g/mol. The summed E-state index contributed by atoms with van der Waals surface area (Å²) in [5, 5.41) is 11.3. The van der Waals surface area contributed by atoms with Crippen LogP contribution in [0.15, 0.2) is 18.3 Å². The number of pyridine rings is 1. The summed E-state index contributed by atoms with van der Waals surface area (Å²) < 4.78 is 5.03. The monoisotopic (exact) mass is 276 g/mol. The van der Waals surface area contributed by atoms with Crippen LogP contribution < -0.4 is 5.32 Å². The quantitative estimate of drug-likeness (QED) is 0.802. The number of aromatic nitrogens is 1. The van der Waals surface area contributed by atoms with E-state index in [9.17, 15) is 9.59 Å². The topological polar surface area (TPSA) is 88.5 Å². The molecule has 1 heterocycles. The Morgan fingerprint density at radius 3 is 2.75 bits per heavy atom. The number of nitrogens with one attached hydrogen (secondary N) is 1. The van der Waals surface area contributed by atoms with E-state index in [1.807, 2.05) is 0 Å². The Morgan fingerprint density at radius 1 is 1.45 bits per heavy atom. The van der Waals surface area contributed by atoms with E-state index in [0.29, 0.717) is 5.69 Å². The second kappa shape index (κ2) is 6.57. The molecule has 0 bridgehead atoms. The van der Waals surface area contributed by atoms with Gasteiger partial charge >= 0.3 is 12.1 Å². The fourth-order valence-electron chi connectivity index (χ4n) is 1.20. The zero-order valence-electron chi connectivity index (χ0n) is 11.6. The first-order valence-corrected chi connectivity index (χ1v) is 5.93. The Kier molecular flexibility index (Phi) is 5.09. The van der Waals surface area contributed by atoms with Gasteiger partial charge in [0.2, 0.25) is 0 Å². The summed E-state index contributed by atoms with van der Waals surface area (Å²) in [4.78, 5) is 26.0. The maximum absolute atomic E-state index is 11.3. The zero-order chi connectivity index (χ0) is 15.2. The minimum atomic E-state index is -1.04. The first-order valence-electron chi connectivity index (χ1n) is 5.93. The third kappa shape index (κ3) is 5.87. The van der Waals surface area contributed by atoms with Crippen molar-refractivity contribution in [1.29, 1.82) is 0 Å². The van der Waals surface area contributed by atoms with Crippen LogP contribution >= 0.6 is 0 Å². The third-order valence-electron chi connectivity index (χ3n) is 1.94. The summed E-state index contributed by atoms with van der Waals surface area (Å²) >= 11 is 0. The Hall–Kier alpha value is -2.55. The Balaban J connectivity index is 2.53. The van der Waals surface area contributed by atoms with Gasteiger partial charge in [0.1, 0.15) is 11.3 Å². The number of hydrogen-bond donors (Lipinski definition) is 2. The van der Waals surface area contributed by atoms with E-state index in [1.54, 1.807) is 20.8 Å². The van der Waals surface area contributed by atoms with Crippen molar-refractivity contribution in [2.24, 2.45) is 0 Å². The predicted molar refractivity (Wildman–Crippen MR) is 72.3 cm³/mol. The van der Waals surface area contributed by atoms with Crippen molar-refractivity contribution in [3.05, 3.63) is 29.6 Å². The van der Waals surface area contributed by atoms with Gasteiger partial charge in [-0.05, 0) is 38.8 Å². The standard InChI is InChI=1S/C14H16N2O4/c1-14(2,3)20-13(19)16-7-4-5-11-9-10(12(17)18)6-8-15-11/h6,8-9H,7H2,1-3H3,(H,16,19)(H,17,18). The molecule has 1 aromatic heterocycles. The molecule has 0 radical (unpaired) electrons. The first-order chi connectivity index (χ1) is 9.28. The van der Waals surface area contributed by atoms with Crippen molar-refractivity contribution in [1.82, 2.24) is 10.3 Å². The number of carboxylic acid groups (broad SMARTS) is 1. The Morgan fingerprint density at radius 2 is 2.15 bits per heavy atom. The maximum Gasteiger partial charge on any atom is 0.408 e. The van der Waals surface area contributed by atoms with Crippen molar-refractivity contribution in [3.8, 4) is 11.8 Å². The summed E-state index contributed by atoms with van der Waals surface area (Å²) in [5.74, 6) is 4.29. The molecule has 0 atom stereocenters. The Labute approximate surface area is 117 Å². The number of carbonyl (C=O) groups excluding carboxylic acids is 1. The number of nitrogens with zero attached hydrogens (tertiary/aromatic N) is 1. The van der Waals surface area contributed by atoms with Gasteiger partial charge in [-0.1, -0.05) is 5.92 Å². The second-order valence-electron chi connectivity index (χ2n) is 4.89. The summed E-state index contributed by atoms with van der Waals surface area (Å²) in [6, 6.07) is 2.75. The van der Waals surface area contributed by atoms with Gasteiger partial charge in [-0.15, -0.1) is 0 Å². The summed E-state index contributed by atoms with van der Waals surface area (Å²) in [6.45, 7) is 5.38. The highest BCUT2D eigenvalue weighted by atomic mass is 16.6. The lowest BCUT2D eigenvalue weighted by molar-refractivity contribution is 0.0534. The minimum Gasteiger partial charge on any atom is -0.478 e. The molecule has 6 nitrogen and oxygen atoms in total. The second-order valence-corrected chi connectivity index (χ2v) is 4.89. The molecule has 0 aliphatic carbocycles. The van der Waals surface area contributed by atoms with Crippen molar-refractivity contribution >= 4 is 12.1 Å². The van der Waals surface area contributed by atoms with Crippen LogP contribution in [0.2, 0.25) is 0 Å². The molecule has 20 heavy (non-hydrogen) atoms. The fourth-order valence-corrected chi connectivity index (χ4v) is 1.20. The number of amides is 1. The summed E-state index contributed by atoms with van der Waals surface area (Å²) in [5.41, 5.74) is -0.116. The molecule has 0 aliphatic rings. The summed E-state index contributed by atoms with van der Waals surface area (Å²) in [6.07, 6.45) is 0.813. The minimum absolute atomic E-state index is 0.0912. The molecule has 1 aromatic rings. The van der Waals surface area contributed by atoms with Crippen molar-refractivity contribution < 1.29 is 19.4 Å². The van der Waals surface area contributed by atoms with Crippen LogP contribution in [-0.4, -0.2) is 34.3 Å². The van der Waals surface area contributed by atoms with E-state index in [-0.39, 0.29) is 12.1 Å². The molecule has 0 spiro atoms. The van der Waals surface area contributed by atoms with Crippen LogP contribution in [0.1, 0.15) is 36.8 Å². The zero-order valence-corrected chi connectivity index (χ0v) is 11.6. The van der Waals surface area contributed by atoms with Gasteiger partial charge in [0.05, 0.1) is 12.1 Å². The average Bonchev–Trinajstić information content (AvgIpc) is 2.33. The van der Waals surface area contributed by atoms with Crippen LogP contribution in [0.4, 0.5) is 4.79 Å². The summed E-state index contributed by atoms with van der Waals surface area (Å²) in [7, 11) is 0. The molecule has 0 fully saturated rings. The normalized spacial score (nSPS) is 10.2. The largest absolute Gasteiger partial charge is 0.478 e. The highest BCUT2D eigenvalue weighted by molar-refractivity contribution is 5.87. The van der Waals surface area contributed by atoms with E-state index in [0.717, 1.165) is 0 Å². The number of hydrogen-bond acceptors (Lipinski definition) is 4. The van der Waals surface area contributed by atoms with Gasteiger partial charge in [-0.25, -0.2) is 14.6 Å². The SMILES string of the molecule is CC(C)(C)OC(=O)NCC#Cc1cc(C(=O)O)ccn1. The highest BCUT2D eigenvalue weighted by Crippen LogP contribution is 2.06. The lowest BCUT2D eigenvalue weighted by atomic mass is 10.2. The molecule has 1 amide bonds. The van der Waals surface area contributed by atoms with Crippen molar-refractivity contribution in [2.45, 2.75) is 26.4 Å². The predicted octanol–water partition coefficient (Wildman–Crippen LogP) is 1.66. The van der Waals surface area contributed by atoms with Gasteiger partial charge in [-0.2, -0.15) is 0 Å². The van der Waals surface area contributed by atoms with Crippen LogP contribution in [0.25, 0.3) is 0 Å². The molecule has 0 unspecified atom stereocenters. The number of carbonyl (C=O) groups is 2. The molecule has 0 aliphatic heterocycles. The molecule has 0 aromatic carbocycles. The molecule has 6 heteroatoms. The van der Waals surface area contributed by atoms with E-state index >= 15 is 0 Å². The van der Waals surface area contributed by atoms with Gasteiger partial charge in [0.25, 0.3) is 0 Å². The molecule has 0 saturated heterocycles. The average molecular weight is 276 g/mol. The maximum atomic E-state index is 11.3. The third-order valence-corrected chi connectivity index (χ3v) is 1.94. The molecule has 2 N–H and O–H groups in total. The number of alkyl carbamates (subject to hydrolysis) is 1. The van der Waals surface area contributed by atoms with E-state index in [1.165, 1.54) is 18.3 Å². The van der Waals surface area contributed by atoms with Crippen LogP contribution in [-0.2, 0) is 4.74 Å². The molecule has 1 rings (SSSR count). The van der Waals surface area contributed by atoms with Crippen LogP contribution in [0.3, 0.4) is 0 Å². The molecule has 106 valence electrons. The lowest BCUT2D eigenvalue weighted by Crippen LogP contribution is -2.32. The number of aromatic carboxylic acids is 1. The fraction of sp³-hybridized carbons (Fsp3) is 0.357. The van der Waals surface area contributed by atoms with Crippen molar-refractivity contribution in [3.63, 3.8) is 0 Å². The van der Waals surface area contributed by atoms with Gasteiger partial charge in [-0.3, -0.25) is 0 Å². The van der Waals surface area contributed by atoms with E-state index in [2.05, 4.69) is 22.1 Å². The molecular formula is C14H16N2O4. The number of ether oxygens (including phenoxy) is 1. The number of carboxylic acids is 1. The first kappa shape index (κ1) is 15.5. The van der Waals surface area contributed by atoms with Crippen molar-refractivity contribution in [2.75, 3.05) is 6.54 Å². The van der Waals surface area contributed by atoms with Crippen LogP contribution in [0.5, 0.6) is 0 Å². The van der Waals surface area contributed by atoms with Gasteiger partial charge in [0.15, 0.2) is 0 Å².